The van der Waals surface area contributed by atoms with Crippen LogP contribution in [0.15, 0.2) is 29.9 Å². The van der Waals surface area contributed by atoms with E-state index >= 15 is 0 Å². The topological polar surface area (TPSA) is 45.5 Å². The predicted octanol–water partition coefficient (Wildman–Crippen LogP) is 2.82. The summed E-state index contributed by atoms with van der Waals surface area (Å²) in [5.41, 5.74) is 0.751. The third-order valence-corrected chi connectivity index (χ3v) is 3.14. The average molecular weight is 257 g/mol. The van der Waals surface area contributed by atoms with E-state index in [1.54, 1.807) is 17.5 Å². The second-order valence-corrected chi connectivity index (χ2v) is 4.69. The molecule has 0 atom stereocenters. The summed E-state index contributed by atoms with van der Waals surface area (Å²) in [4.78, 5) is 9.25. The van der Waals surface area contributed by atoms with E-state index in [1.165, 1.54) is 6.08 Å². The predicted molar refractivity (Wildman–Crippen MR) is 69.1 cm³/mol. The quantitative estimate of drug-likeness (QED) is 0.824. The Labute approximate surface area is 104 Å². The van der Waals surface area contributed by atoms with Gasteiger partial charge in [-0.3, -0.25) is 0 Å². The van der Waals surface area contributed by atoms with Crippen molar-refractivity contribution < 1.29 is 5.11 Å². The molecule has 0 saturated heterocycles. The van der Waals surface area contributed by atoms with Crippen LogP contribution < -0.4 is 0 Å². The standard InChI is InChI=1S/C11H13ClN2OS/c1-3-10(12)13-6-4-5-11-14-9(7-15)8(2)16-11/h3-4,6,15H,1,5,7H2,2H3/b6-4-,13-10?. The second kappa shape index (κ2) is 6.58. The largest absolute Gasteiger partial charge is 0.390 e. The minimum atomic E-state index is -0.00745. The zero-order valence-electron chi connectivity index (χ0n) is 8.98. The molecular formula is C11H13ClN2OS. The lowest BCUT2D eigenvalue weighted by Gasteiger charge is -1.87. The van der Waals surface area contributed by atoms with Gasteiger partial charge in [0.25, 0.3) is 0 Å². The molecule has 16 heavy (non-hydrogen) atoms. The number of halogens is 1. The Morgan fingerprint density at radius 3 is 3.00 bits per heavy atom. The average Bonchev–Trinajstić information content (AvgIpc) is 2.64. The molecule has 1 aromatic rings. The lowest BCUT2D eigenvalue weighted by atomic mass is 10.4. The van der Waals surface area contributed by atoms with Gasteiger partial charge in [0.15, 0.2) is 0 Å². The lowest BCUT2D eigenvalue weighted by Crippen LogP contribution is -1.86. The van der Waals surface area contributed by atoms with Gasteiger partial charge in [0, 0.05) is 17.5 Å². The highest BCUT2D eigenvalue weighted by Gasteiger charge is 2.04. The van der Waals surface area contributed by atoms with Gasteiger partial charge >= 0.3 is 0 Å². The van der Waals surface area contributed by atoms with Crippen LogP contribution >= 0.6 is 22.9 Å². The number of aliphatic hydroxyl groups is 1. The van der Waals surface area contributed by atoms with Gasteiger partial charge in [0.2, 0.25) is 0 Å². The SMILES string of the molecule is C=CC(Cl)=N/C=C\Cc1nc(CO)c(C)s1. The summed E-state index contributed by atoms with van der Waals surface area (Å²) in [6.07, 6.45) is 5.66. The maximum atomic E-state index is 8.98. The van der Waals surface area contributed by atoms with Crippen molar-refractivity contribution in [2.75, 3.05) is 0 Å². The molecule has 1 N–H and O–H groups in total. The van der Waals surface area contributed by atoms with Crippen molar-refractivity contribution in [3.8, 4) is 0 Å². The number of thiazole rings is 1. The third-order valence-electron chi connectivity index (χ3n) is 1.85. The highest BCUT2D eigenvalue weighted by molar-refractivity contribution is 7.11. The maximum Gasteiger partial charge on any atom is 0.128 e. The number of aryl methyl sites for hydroxylation is 1. The van der Waals surface area contributed by atoms with Crippen molar-refractivity contribution in [3.05, 3.63) is 40.5 Å². The first-order chi connectivity index (χ1) is 7.67. The number of aliphatic imine (C=N–C) groups is 1. The number of hydrogen-bond acceptors (Lipinski definition) is 4. The zero-order chi connectivity index (χ0) is 12.0. The Kier molecular flexibility index (Phi) is 5.38. The number of allylic oxidation sites excluding steroid dienone is 2. The van der Waals surface area contributed by atoms with E-state index in [2.05, 4.69) is 16.6 Å². The normalized spacial score (nSPS) is 12.3. The van der Waals surface area contributed by atoms with E-state index in [0.29, 0.717) is 11.6 Å². The molecule has 5 heteroatoms. The van der Waals surface area contributed by atoms with Crippen molar-refractivity contribution >= 4 is 28.1 Å². The van der Waals surface area contributed by atoms with Gasteiger partial charge in [-0.05, 0) is 13.0 Å². The molecule has 0 spiro atoms. The number of aliphatic hydroxyl groups excluding tert-OH is 1. The first-order valence-corrected chi connectivity index (χ1v) is 5.93. The molecule has 0 unspecified atom stereocenters. The summed E-state index contributed by atoms with van der Waals surface area (Å²) < 4.78 is 0. The number of nitrogens with zero attached hydrogens (tertiary/aromatic N) is 2. The molecule has 0 radical (unpaired) electrons. The molecule has 3 nitrogen and oxygen atoms in total. The number of rotatable bonds is 5. The van der Waals surface area contributed by atoms with Crippen LogP contribution in [0.1, 0.15) is 15.6 Å². The highest BCUT2D eigenvalue weighted by atomic mass is 35.5. The molecule has 1 rings (SSSR count). The van der Waals surface area contributed by atoms with Crippen molar-refractivity contribution in [1.82, 2.24) is 4.98 Å². The van der Waals surface area contributed by atoms with E-state index < -0.39 is 0 Å². The first kappa shape index (κ1) is 13.1. The summed E-state index contributed by atoms with van der Waals surface area (Å²) >= 11 is 7.21. The molecule has 0 fully saturated rings. The number of aromatic nitrogens is 1. The molecule has 0 saturated carbocycles. The van der Waals surface area contributed by atoms with E-state index in [4.69, 9.17) is 16.7 Å². The highest BCUT2D eigenvalue weighted by Crippen LogP contribution is 2.17. The Morgan fingerprint density at radius 1 is 1.69 bits per heavy atom. The Balaban J connectivity index is 2.57. The summed E-state index contributed by atoms with van der Waals surface area (Å²) in [7, 11) is 0. The minimum absolute atomic E-state index is 0.00745. The van der Waals surface area contributed by atoms with Crippen LogP contribution in [0.25, 0.3) is 0 Å². The maximum absolute atomic E-state index is 8.98. The molecule has 0 aliphatic heterocycles. The van der Waals surface area contributed by atoms with Crippen LogP contribution in [0.2, 0.25) is 0 Å². The van der Waals surface area contributed by atoms with Crippen LogP contribution in [0.4, 0.5) is 0 Å². The Bertz CT molecular complexity index is 424. The van der Waals surface area contributed by atoms with Crippen LogP contribution in [-0.2, 0) is 13.0 Å². The second-order valence-electron chi connectivity index (χ2n) is 3.01. The molecule has 0 amide bonds. The molecular weight excluding hydrogens is 244 g/mol. The van der Waals surface area contributed by atoms with E-state index in [0.717, 1.165) is 15.6 Å². The minimum Gasteiger partial charge on any atom is -0.390 e. The van der Waals surface area contributed by atoms with Crippen LogP contribution in [0.3, 0.4) is 0 Å². The monoisotopic (exact) mass is 256 g/mol. The van der Waals surface area contributed by atoms with Gasteiger partial charge < -0.3 is 5.11 Å². The lowest BCUT2D eigenvalue weighted by molar-refractivity contribution is 0.276. The fourth-order valence-corrected chi connectivity index (χ4v) is 2.03. The Hall–Kier alpha value is -0.970. The van der Waals surface area contributed by atoms with Gasteiger partial charge in [-0.25, -0.2) is 9.98 Å². The van der Waals surface area contributed by atoms with Crippen LogP contribution in [0, 0.1) is 6.92 Å². The summed E-state index contributed by atoms with van der Waals surface area (Å²) in [5, 5.41) is 10.3. The summed E-state index contributed by atoms with van der Waals surface area (Å²) in [6.45, 7) is 5.43. The van der Waals surface area contributed by atoms with E-state index in [1.807, 2.05) is 13.0 Å². The molecule has 1 aromatic heterocycles. The van der Waals surface area contributed by atoms with Crippen molar-refractivity contribution in [1.29, 1.82) is 0 Å². The van der Waals surface area contributed by atoms with Gasteiger partial charge in [0.05, 0.1) is 17.3 Å². The van der Waals surface area contributed by atoms with Gasteiger partial charge in [-0.1, -0.05) is 24.3 Å². The van der Waals surface area contributed by atoms with Crippen molar-refractivity contribution in [2.45, 2.75) is 20.0 Å². The Morgan fingerprint density at radius 2 is 2.44 bits per heavy atom. The molecule has 1 heterocycles. The molecule has 0 aliphatic rings. The van der Waals surface area contributed by atoms with E-state index in [-0.39, 0.29) is 6.61 Å². The number of hydrogen-bond donors (Lipinski definition) is 1. The smallest absolute Gasteiger partial charge is 0.128 e. The van der Waals surface area contributed by atoms with Gasteiger partial charge in [-0.2, -0.15) is 0 Å². The first-order valence-electron chi connectivity index (χ1n) is 4.74. The molecule has 0 aliphatic carbocycles. The van der Waals surface area contributed by atoms with Crippen LogP contribution in [-0.4, -0.2) is 15.3 Å². The summed E-state index contributed by atoms with van der Waals surface area (Å²) in [6, 6.07) is 0. The third kappa shape index (κ3) is 3.89. The van der Waals surface area contributed by atoms with Gasteiger partial charge in [-0.15, -0.1) is 11.3 Å². The van der Waals surface area contributed by atoms with Crippen LogP contribution in [0.5, 0.6) is 0 Å². The molecule has 0 aromatic carbocycles. The molecule has 86 valence electrons. The zero-order valence-corrected chi connectivity index (χ0v) is 10.6. The summed E-state index contributed by atoms with van der Waals surface area (Å²) in [5.74, 6) is 0. The van der Waals surface area contributed by atoms with Crippen molar-refractivity contribution in [2.24, 2.45) is 4.99 Å². The fourth-order valence-electron chi connectivity index (χ4n) is 1.05. The fraction of sp³-hybridized carbons (Fsp3) is 0.273. The van der Waals surface area contributed by atoms with Gasteiger partial charge in [0.1, 0.15) is 5.17 Å². The van der Waals surface area contributed by atoms with Crippen molar-refractivity contribution in [3.63, 3.8) is 0 Å². The molecule has 0 bridgehead atoms. The van der Waals surface area contributed by atoms with E-state index in [9.17, 15) is 0 Å².